The van der Waals surface area contributed by atoms with Crippen LogP contribution in [0.4, 0.5) is 0 Å². The van der Waals surface area contributed by atoms with Gasteiger partial charge < -0.3 is 4.90 Å². The lowest BCUT2D eigenvalue weighted by atomic mass is 10.0. The maximum absolute atomic E-state index is 2.61. The van der Waals surface area contributed by atoms with Gasteiger partial charge in [0, 0.05) is 13.1 Å². The molecule has 1 saturated heterocycles. The number of likely N-dealkylation sites (tertiary alicyclic amines) is 1. The first-order chi connectivity index (χ1) is 6.34. The highest BCUT2D eigenvalue weighted by Crippen LogP contribution is 2.19. The molecule has 2 aliphatic rings. The zero-order valence-electron chi connectivity index (χ0n) is 8.45. The van der Waals surface area contributed by atoms with Gasteiger partial charge in [0.25, 0.3) is 0 Å². The Labute approximate surface area is 81.1 Å². The molecule has 72 valence electrons. The molecule has 0 N–H and O–H groups in total. The first kappa shape index (κ1) is 9.01. The highest BCUT2D eigenvalue weighted by atomic mass is 15.1. The average Bonchev–Trinajstić information content (AvgIpc) is 2.53. The van der Waals surface area contributed by atoms with E-state index in [0.717, 1.165) is 11.8 Å². The van der Waals surface area contributed by atoms with Gasteiger partial charge >= 0.3 is 0 Å². The summed E-state index contributed by atoms with van der Waals surface area (Å²) in [6.07, 6.45) is 11.6. The van der Waals surface area contributed by atoms with Crippen molar-refractivity contribution >= 4 is 0 Å². The Kier molecular flexibility index (Phi) is 2.84. The smallest absolute Gasteiger partial charge is 0.00475 e. The fourth-order valence-electron chi connectivity index (χ4n) is 2.29. The predicted octanol–water partition coefficient (Wildman–Crippen LogP) is 2.46. The lowest BCUT2D eigenvalue weighted by molar-refractivity contribution is 0.294. The summed E-state index contributed by atoms with van der Waals surface area (Å²) >= 11 is 0. The van der Waals surface area contributed by atoms with Gasteiger partial charge in [-0.1, -0.05) is 31.2 Å². The van der Waals surface area contributed by atoms with E-state index < -0.39 is 0 Å². The van der Waals surface area contributed by atoms with Crippen LogP contribution in [0, 0.1) is 11.8 Å². The number of hydrogen-bond acceptors (Lipinski definition) is 1. The summed E-state index contributed by atoms with van der Waals surface area (Å²) in [5, 5.41) is 0. The number of rotatable bonds is 2. The highest BCUT2D eigenvalue weighted by molar-refractivity contribution is 5.11. The average molecular weight is 177 g/mol. The van der Waals surface area contributed by atoms with Crippen molar-refractivity contribution in [3.8, 4) is 0 Å². The molecule has 1 heteroatoms. The summed E-state index contributed by atoms with van der Waals surface area (Å²) in [6.45, 7) is 6.26. The zero-order valence-corrected chi connectivity index (χ0v) is 8.45. The van der Waals surface area contributed by atoms with Crippen LogP contribution in [0.1, 0.15) is 19.8 Å². The van der Waals surface area contributed by atoms with Gasteiger partial charge in [0.1, 0.15) is 0 Å². The largest absolute Gasteiger partial charge is 0.302 e. The van der Waals surface area contributed by atoms with Crippen molar-refractivity contribution in [3.05, 3.63) is 24.3 Å². The molecule has 0 aromatic heterocycles. The molecular formula is C12H19N. The van der Waals surface area contributed by atoms with Crippen molar-refractivity contribution in [1.29, 1.82) is 0 Å². The van der Waals surface area contributed by atoms with E-state index in [1.165, 1.54) is 32.5 Å². The number of hydrogen-bond donors (Lipinski definition) is 0. The minimum absolute atomic E-state index is 0.773. The van der Waals surface area contributed by atoms with E-state index in [0.29, 0.717) is 0 Å². The first-order valence-corrected chi connectivity index (χ1v) is 5.40. The van der Waals surface area contributed by atoms with E-state index in [4.69, 9.17) is 0 Å². The van der Waals surface area contributed by atoms with Crippen molar-refractivity contribution in [2.24, 2.45) is 11.8 Å². The van der Waals surface area contributed by atoms with Crippen LogP contribution in [-0.4, -0.2) is 24.5 Å². The topological polar surface area (TPSA) is 3.24 Å². The maximum atomic E-state index is 2.61. The van der Waals surface area contributed by atoms with Gasteiger partial charge in [-0.05, 0) is 31.2 Å². The van der Waals surface area contributed by atoms with Crippen LogP contribution < -0.4 is 0 Å². The van der Waals surface area contributed by atoms with Gasteiger partial charge in [0.05, 0.1) is 0 Å². The molecule has 2 atom stereocenters. The van der Waals surface area contributed by atoms with Crippen molar-refractivity contribution in [2.45, 2.75) is 19.8 Å². The van der Waals surface area contributed by atoms with Gasteiger partial charge in [-0.25, -0.2) is 0 Å². The van der Waals surface area contributed by atoms with E-state index in [1.54, 1.807) is 0 Å². The fraction of sp³-hybridized carbons (Fsp3) is 0.667. The fourth-order valence-corrected chi connectivity index (χ4v) is 2.29. The van der Waals surface area contributed by atoms with Crippen LogP contribution in [0.5, 0.6) is 0 Å². The molecule has 2 unspecified atom stereocenters. The molecule has 13 heavy (non-hydrogen) atoms. The Morgan fingerprint density at radius 3 is 2.92 bits per heavy atom. The van der Waals surface area contributed by atoms with Crippen molar-refractivity contribution in [1.82, 2.24) is 4.90 Å². The Morgan fingerprint density at radius 1 is 1.38 bits per heavy atom. The second-order valence-corrected chi connectivity index (χ2v) is 4.46. The monoisotopic (exact) mass is 177 g/mol. The summed E-state index contributed by atoms with van der Waals surface area (Å²) in [6, 6.07) is 0. The Hall–Kier alpha value is -0.560. The van der Waals surface area contributed by atoms with E-state index in [2.05, 4.69) is 36.1 Å². The Morgan fingerprint density at radius 2 is 2.31 bits per heavy atom. The number of nitrogens with zero attached hydrogens (tertiary/aromatic N) is 1. The van der Waals surface area contributed by atoms with Crippen LogP contribution in [0.2, 0.25) is 0 Å². The summed E-state index contributed by atoms with van der Waals surface area (Å²) < 4.78 is 0. The Balaban J connectivity index is 1.78. The third kappa shape index (κ3) is 2.44. The van der Waals surface area contributed by atoms with E-state index >= 15 is 0 Å². The lowest BCUT2D eigenvalue weighted by Gasteiger charge is -2.21. The van der Waals surface area contributed by atoms with Gasteiger partial charge in [-0.3, -0.25) is 0 Å². The molecule has 1 fully saturated rings. The van der Waals surface area contributed by atoms with Crippen molar-refractivity contribution in [3.63, 3.8) is 0 Å². The summed E-state index contributed by atoms with van der Waals surface area (Å²) in [4.78, 5) is 2.61. The van der Waals surface area contributed by atoms with E-state index in [-0.39, 0.29) is 0 Å². The van der Waals surface area contributed by atoms with Crippen LogP contribution in [-0.2, 0) is 0 Å². The van der Waals surface area contributed by atoms with Crippen LogP contribution in [0.15, 0.2) is 24.3 Å². The van der Waals surface area contributed by atoms with Gasteiger partial charge in [0.15, 0.2) is 0 Å². The standard InChI is InChI=1S/C12H19N/c1-11-7-8-13(9-11)10-12-5-3-2-4-6-12/h2-5,11-12H,6-10H2,1H3. The molecule has 0 radical (unpaired) electrons. The van der Waals surface area contributed by atoms with E-state index in [1.807, 2.05) is 0 Å². The second kappa shape index (κ2) is 4.10. The Bertz CT molecular complexity index is 217. The molecule has 1 aliphatic heterocycles. The predicted molar refractivity (Wildman–Crippen MR) is 56.6 cm³/mol. The normalized spacial score (nSPS) is 34.2. The third-order valence-electron chi connectivity index (χ3n) is 3.07. The lowest BCUT2D eigenvalue weighted by Crippen LogP contribution is -2.26. The quantitative estimate of drug-likeness (QED) is 0.626. The van der Waals surface area contributed by atoms with Crippen molar-refractivity contribution in [2.75, 3.05) is 19.6 Å². The van der Waals surface area contributed by atoms with Gasteiger partial charge in [-0.2, -0.15) is 0 Å². The number of allylic oxidation sites excluding steroid dienone is 3. The minimum atomic E-state index is 0.773. The zero-order chi connectivity index (χ0) is 9.10. The summed E-state index contributed by atoms with van der Waals surface area (Å²) in [5.74, 6) is 1.69. The molecule has 1 nitrogen and oxygen atoms in total. The third-order valence-corrected chi connectivity index (χ3v) is 3.07. The van der Waals surface area contributed by atoms with Crippen LogP contribution in [0.3, 0.4) is 0 Å². The van der Waals surface area contributed by atoms with Crippen molar-refractivity contribution < 1.29 is 0 Å². The van der Waals surface area contributed by atoms with Gasteiger partial charge in [-0.15, -0.1) is 0 Å². The SMILES string of the molecule is CC1CCN(CC2C=CC=CC2)C1. The minimum Gasteiger partial charge on any atom is -0.302 e. The second-order valence-electron chi connectivity index (χ2n) is 4.46. The molecular weight excluding hydrogens is 158 g/mol. The van der Waals surface area contributed by atoms with Gasteiger partial charge in [0.2, 0.25) is 0 Å². The van der Waals surface area contributed by atoms with Crippen LogP contribution >= 0.6 is 0 Å². The molecule has 0 aromatic carbocycles. The molecule has 0 aromatic rings. The molecule has 0 saturated carbocycles. The molecule has 0 spiro atoms. The molecule has 0 bridgehead atoms. The molecule has 2 rings (SSSR count). The first-order valence-electron chi connectivity index (χ1n) is 5.40. The molecule has 1 heterocycles. The molecule has 0 amide bonds. The molecule has 1 aliphatic carbocycles. The summed E-state index contributed by atoms with van der Waals surface area (Å²) in [5.41, 5.74) is 0. The summed E-state index contributed by atoms with van der Waals surface area (Å²) in [7, 11) is 0. The maximum Gasteiger partial charge on any atom is 0.00475 e. The van der Waals surface area contributed by atoms with E-state index in [9.17, 15) is 0 Å². The highest BCUT2D eigenvalue weighted by Gasteiger charge is 2.20. The van der Waals surface area contributed by atoms with Crippen LogP contribution in [0.25, 0.3) is 0 Å².